The van der Waals surface area contributed by atoms with Crippen molar-refractivity contribution in [3.63, 3.8) is 0 Å². The zero-order chi connectivity index (χ0) is 23.9. The predicted octanol–water partition coefficient (Wildman–Crippen LogP) is 3.56. The summed E-state index contributed by atoms with van der Waals surface area (Å²) in [6.07, 6.45) is 7.02. The smallest absolute Gasteiger partial charge is 0.355 e. The van der Waals surface area contributed by atoms with E-state index >= 15 is 0 Å². The molecule has 7 nitrogen and oxygen atoms in total. The Bertz CT molecular complexity index is 1320. The molecular formula is C27H21NO6. The molecular weight excluding hydrogens is 434 g/mol. The van der Waals surface area contributed by atoms with E-state index in [0.717, 1.165) is 11.1 Å². The number of hydrogen-bond donors (Lipinski definition) is 0. The number of rotatable bonds is 3. The monoisotopic (exact) mass is 455 g/mol. The minimum absolute atomic E-state index is 0.0165. The summed E-state index contributed by atoms with van der Waals surface area (Å²) in [4.78, 5) is 40.5. The molecule has 1 unspecified atom stereocenters. The van der Waals surface area contributed by atoms with Crippen molar-refractivity contribution < 1.29 is 28.6 Å². The van der Waals surface area contributed by atoms with Gasteiger partial charge in [-0.3, -0.25) is 4.79 Å². The molecule has 0 amide bonds. The maximum absolute atomic E-state index is 13.3. The highest BCUT2D eigenvalue weighted by Crippen LogP contribution is 2.51. The van der Waals surface area contributed by atoms with Crippen LogP contribution in [0.3, 0.4) is 0 Å². The van der Waals surface area contributed by atoms with Crippen LogP contribution >= 0.6 is 0 Å². The summed E-state index contributed by atoms with van der Waals surface area (Å²) in [6.45, 7) is 0. The van der Waals surface area contributed by atoms with Crippen LogP contribution in [0, 0.1) is 0 Å². The highest BCUT2D eigenvalue weighted by atomic mass is 16.6. The Hall–Kier alpha value is -4.23. The fourth-order valence-electron chi connectivity index (χ4n) is 4.61. The minimum atomic E-state index is -1.58. The molecule has 2 aliphatic heterocycles. The first-order valence-corrected chi connectivity index (χ1v) is 10.7. The second-order valence-corrected chi connectivity index (χ2v) is 7.92. The number of benzene rings is 2. The van der Waals surface area contributed by atoms with Gasteiger partial charge in [-0.05, 0) is 35.4 Å². The molecule has 0 N–H and O–H groups in total. The van der Waals surface area contributed by atoms with Crippen molar-refractivity contribution in [3.8, 4) is 0 Å². The molecule has 0 saturated carbocycles. The normalized spacial score (nSPS) is 22.8. The van der Waals surface area contributed by atoms with Crippen LogP contribution in [0.15, 0.2) is 90.3 Å². The van der Waals surface area contributed by atoms with Gasteiger partial charge < -0.3 is 19.1 Å². The molecule has 0 saturated heterocycles. The van der Waals surface area contributed by atoms with Crippen LogP contribution in [-0.4, -0.2) is 42.4 Å². The van der Waals surface area contributed by atoms with Crippen LogP contribution in [0.2, 0.25) is 0 Å². The van der Waals surface area contributed by atoms with Crippen molar-refractivity contribution in [2.75, 3.05) is 14.2 Å². The molecule has 0 aromatic heterocycles. The molecule has 1 aliphatic carbocycles. The van der Waals surface area contributed by atoms with E-state index in [2.05, 4.69) is 0 Å². The minimum Gasteiger partial charge on any atom is -0.465 e. The number of ether oxygens (including phenoxy) is 3. The quantitative estimate of drug-likeness (QED) is 0.655. The Labute approximate surface area is 196 Å². The molecule has 170 valence electrons. The van der Waals surface area contributed by atoms with Crippen molar-refractivity contribution in [2.45, 2.75) is 11.8 Å². The number of hydrogen-bond acceptors (Lipinski definition) is 7. The summed E-state index contributed by atoms with van der Waals surface area (Å²) in [5, 5.41) is 0. The Morgan fingerprint density at radius 2 is 1.65 bits per heavy atom. The Balaban J connectivity index is 1.85. The van der Waals surface area contributed by atoms with Gasteiger partial charge in [0.05, 0.1) is 14.2 Å². The summed E-state index contributed by atoms with van der Waals surface area (Å²) < 4.78 is 16.9. The Kier molecular flexibility index (Phi) is 5.26. The van der Waals surface area contributed by atoms with Crippen molar-refractivity contribution in [2.24, 2.45) is 0 Å². The second-order valence-electron chi connectivity index (χ2n) is 7.92. The maximum atomic E-state index is 13.3. The number of nitrogens with zero attached hydrogens (tertiary/aromatic N) is 1. The van der Waals surface area contributed by atoms with Gasteiger partial charge in [-0.1, -0.05) is 54.6 Å². The van der Waals surface area contributed by atoms with Gasteiger partial charge in [-0.25, -0.2) is 9.59 Å². The lowest BCUT2D eigenvalue weighted by molar-refractivity contribution is -0.153. The number of ketones is 1. The molecule has 5 rings (SSSR count). The number of fused-ring (bicyclic) bond motifs is 3. The van der Waals surface area contributed by atoms with Crippen LogP contribution in [0.1, 0.15) is 22.9 Å². The Morgan fingerprint density at radius 1 is 0.941 bits per heavy atom. The van der Waals surface area contributed by atoms with Crippen LogP contribution in [-0.2, 0) is 28.6 Å². The van der Waals surface area contributed by atoms with Gasteiger partial charge in [0.1, 0.15) is 16.9 Å². The number of methoxy groups -OCH3 is 2. The lowest BCUT2D eigenvalue weighted by atomic mass is 9.75. The topological polar surface area (TPSA) is 82.1 Å². The summed E-state index contributed by atoms with van der Waals surface area (Å²) in [7, 11) is 2.48. The second kappa shape index (κ2) is 8.28. The van der Waals surface area contributed by atoms with E-state index in [9.17, 15) is 14.4 Å². The zero-order valence-electron chi connectivity index (χ0n) is 18.6. The van der Waals surface area contributed by atoms with Crippen LogP contribution in [0.4, 0.5) is 0 Å². The average Bonchev–Trinajstić information content (AvgIpc) is 2.89. The molecule has 0 radical (unpaired) electrons. The van der Waals surface area contributed by atoms with Crippen molar-refractivity contribution >= 4 is 29.4 Å². The van der Waals surface area contributed by atoms with Crippen LogP contribution in [0.25, 0.3) is 11.6 Å². The molecule has 2 heterocycles. The van der Waals surface area contributed by atoms with E-state index in [1.807, 2.05) is 60.7 Å². The summed E-state index contributed by atoms with van der Waals surface area (Å²) >= 11 is 0. The molecule has 0 fully saturated rings. The molecule has 7 heteroatoms. The first-order valence-electron chi connectivity index (χ1n) is 10.7. The van der Waals surface area contributed by atoms with Crippen molar-refractivity contribution in [3.05, 3.63) is 107 Å². The fourth-order valence-corrected chi connectivity index (χ4v) is 4.61. The van der Waals surface area contributed by atoms with E-state index in [4.69, 9.17) is 14.2 Å². The van der Waals surface area contributed by atoms with Gasteiger partial charge in [-0.2, -0.15) is 0 Å². The third kappa shape index (κ3) is 3.21. The molecule has 2 aromatic rings. The molecule has 34 heavy (non-hydrogen) atoms. The van der Waals surface area contributed by atoms with Crippen molar-refractivity contribution in [1.82, 2.24) is 4.90 Å². The van der Waals surface area contributed by atoms with Crippen molar-refractivity contribution in [1.29, 1.82) is 0 Å². The Morgan fingerprint density at radius 3 is 2.38 bits per heavy atom. The van der Waals surface area contributed by atoms with Gasteiger partial charge in [0, 0.05) is 17.3 Å². The highest BCUT2D eigenvalue weighted by Gasteiger charge is 2.54. The van der Waals surface area contributed by atoms with E-state index in [1.54, 1.807) is 11.1 Å². The molecule has 1 spiro atoms. The van der Waals surface area contributed by atoms with E-state index in [1.165, 1.54) is 32.4 Å². The summed E-state index contributed by atoms with van der Waals surface area (Å²) in [5.74, 6) is -1.76. The standard InChI is InChI=1S/C27H21NO6/c1-32-25(30)22-23(26(31)33-2)28-15-13-17-8-6-7-11-20(17)24(28)34-27(22)14-12-19(29)16-21(27)18-9-4-3-5-10-18/h3-16,24H,1-2H3/t24-,27?/m1/s1. The summed E-state index contributed by atoms with van der Waals surface area (Å²) in [5.41, 5.74) is 1.13. The van der Waals surface area contributed by atoms with Gasteiger partial charge >= 0.3 is 11.9 Å². The zero-order valence-corrected chi connectivity index (χ0v) is 18.6. The highest BCUT2D eigenvalue weighted by molar-refractivity contribution is 6.13. The van der Waals surface area contributed by atoms with Crippen LogP contribution < -0.4 is 0 Å². The third-order valence-electron chi connectivity index (χ3n) is 6.12. The number of allylic oxidation sites excluding steroid dienone is 2. The maximum Gasteiger partial charge on any atom is 0.355 e. The predicted molar refractivity (Wildman–Crippen MR) is 123 cm³/mol. The van der Waals surface area contributed by atoms with Gasteiger partial charge in [0.25, 0.3) is 0 Å². The van der Waals surface area contributed by atoms with Gasteiger partial charge in [0.2, 0.25) is 0 Å². The number of esters is 2. The van der Waals surface area contributed by atoms with Gasteiger partial charge in [-0.15, -0.1) is 0 Å². The van der Waals surface area contributed by atoms with Gasteiger partial charge in [0.15, 0.2) is 12.0 Å². The largest absolute Gasteiger partial charge is 0.465 e. The number of carbonyl (C=O) groups is 3. The molecule has 2 aromatic carbocycles. The van der Waals surface area contributed by atoms with E-state index in [-0.39, 0.29) is 17.1 Å². The lowest BCUT2D eigenvalue weighted by Gasteiger charge is -2.48. The molecule has 2 atom stereocenters. The van der Waals surface area contributed by atoms with E-state index < -0.39 is 23.8 Å². The summed E-state index contributed by atoms with van der Waals surface area (Å²) in [6, 6.07) is 16.7. The lowest BCUT2D eigenvalue weighted by Crippen LogP contribution is -2.51. The first kappa shape index (κ1) is 21.6. The number of carbonyl (C=O) groups excluding carboxylic acids is 3. The van der Waals surface area contributed by atoms with Crippen LogP contribution in [0.5, 0.6) is 0 Å². The molecule has 0 bridgehead atoms. The average molecular weight is 455 g/mol. The first-order chi connectivity index (χ1) is 16.5. The van der Waals surface area contributed by atoms with E-state index in [0.29, 0.717) is 11.1 Å². The third-order valence-corrected chi connectivity index (χ3v) is 6.12. The molecule has 3 aliphatic rings. The SMILES string of the molecule is COC(=O)C1=C(C(=O)OC)C2(C=CC(=O)C=C2c2ccccc2)O[C@@H]2c3ccccc3C=CN12. The fraction of sp³-hybridized carbons (Fsp3) is 0.148.